The van der Waals surface area contributed by atoms with Crippen molar-refractivity contribution in [2.75, 3.05) is 19.7 Å². The average molecular weight is 321 g/mol. The van der Waals surface area contributed by atoms with Crippen LogP contribution in [0.5, 0.6) is 5.88 Å². The Bertz CT molecular complexity index is 738. The second-order valence-corrected chi connectivity index (χ2v) is 5.59. The van der Waals surface area contributed by atoms with Gasteiger partial charge >= 0.3 is 0 Å². The number of ether oxygens (including phenoxy) is 1. The van der Waals surface area contributed by atoms with Crippen LogP contribution in [0.3, 0.4) is 0 Å². The fourth-order valence-electron chi connectivity index (χ4n) is 2.52. The molecule has 0 bridgehead atoms. The highest BCUT2D eigenvalue weighted by Gasteiger charge is 2.13. The van der Waals surface area contributed by atoms with Gasteiger partial charge in [0.05, 0.1) is 11.3 Å². The predicted molar refractivity (Wildman–Crippen MR) is 97.7 cm³/mol. The lowest BCUT2D eigenvalue weighted by Crippen LogP contribution is -2.21. The normalized spacial score (nSPS) is 10.7. The molecule has 3 rings (SSSR count). The molecule has 1 N–H and O–H groups in total. The van der Waals surface area contributed by atoms with Crippen molar-refractivity contribution in [3.8, 4) is 22.7 Å². The van der Waals surface area contributed by atoms with Crippen molar-refractivity contribution in [3.05, 3.63) is 66.9 Å². The van der Waals surface area contributed by atoms with Crippen LogP contribution in [0.25, 0.3) is 16.8 Å². The Kier molecular flexibility index (Phi) is 5.64. The molecule has 1 heterocycles. The lowest BCUT2D eigenvalue weighted by Gasteiger charge is -2.06. The lowest BCUT2D eigenvalue weighted by molar-refractivity contribution is 0.302. The first-order chi connectivity index (χ1) is 11.9. The molecular weight excluding hydrogens is 298 g/mol. The van der Waals surface area contributed by atoms with E-state index in [0.717, 1.165) is 36.3 Å². The summed E-state index contributed by atoms with van der Waals surface area (Å²) in [6.45, 7) is 4.59. The number of hydrogen-bond acceptors (Lipinski definition) is 3. The van der Waals surface area contributed by atoms with Crippen molar-refractivity contribution < 1.29 is 4.74 Å². The van der Waals surface area contributed by atoms with Gasteiger partial charge in [-0.1, -0.05) is 55.5 Å². The van der Waals surface area contributed by atoms with E-state index >= 15 is 0 Å². The molecule has 3 aromatic rings. The highest BCUT2D eigenvalue weighted by atomic mass is 16.5. The third kappa shape index (κ3) is 4.03. The standard InChI is InChI=1S/C20H23N3O/c1-2-13-21-14-15-24-20-19(17-9-5-3-6-10-17)16-23(22-20)18-11-7-4-8-12-18/h3-12,16,21H,2,13-15H2,1H3. The van der Waals surface area contributed by atoms with Crippen molar-refractivity contribution in [1.82, 2.24) is 15.1 Å². The van der Waals surface area contributed by atoms with E-state index in [1.807, 2.05) is 59.4 Å². The van der Waals surface area contributed by atoms with Gasteiger partial charge < -0.3 is 10.1 Å². The molecule has 4 heteroatoms. The molecule has 0 saturated heterocycles. The summed E-state index contributed by atoms with van der Waals surface area (Å²) >= 11 is 0. The second kappa shape index (κ2) is 8.31. The lowest BCUT2D eigenvalue weighted by atomic mass is 10.1. The summed E-state index contributed by atoms with van der Waals surface area (Å²) in [5.74, 6) is 0.670. The third-order valence-corrected chi connectivity index (χ3v) is 3.73. The SMILES string of the molecule is CCCNCCOc1nn(-c2ccccc2)cc1-c1ccccc1. The van der Waals surface area contributed by atoms with E-state index in [-0.39, 0.29) is 0 Å². The van der Waals surface area contributed by atoms with Gasteiger partial charge in [0.2, 0.25) is 5.88 Å². The molecule has 24 heavy (non-hydrogen) atoms. The summed E-state index contributed by atoms with van der Waals surface area (Å²) in [5.41, 5.74) is 3.14. The van der Waals surface area contributed by atoms with Gasteiger partial charge in [-0.3, -0.25) is 0 Å². The van der Waals surface area contributed by atoms with E-state index in [1.165, 1.54) is 0 Å². The monoisotopic (exact) mass is 321 g/mol. The number of benzene rings is 2. The summed E-state index contributed by atoms with van der Waals surface area (Å²) in [6, 6.07) is 20.3. The van der Waals surface area contributed by atoms with Crippen LogP contribution in [-0.2, 0) is 0 Å². The molecule has 0 fully saturated rings. The summed E-state index contributed by atoms with van der Waals surface area (Å²) < 4.78 is 7.82. The Hall–Kier alpha value is -2.59. The minimum Gasteiger partial charge on any atom is -0.475 e. The number of para-hydroxylation sites is 1. The molecule has 0 spiro atoms. The van der Waals surface area contributed by atoms with Gasteiger partial charge in [0.25, 0.3) is 0 Å². The van der Waals surface area contributed by atoms with Crippen LogP contribution in [-0.4, -0.2) is 29.5 Å². The molecular formula is C20H23N3O. The van der Waals surface area contributed by atoms with E-state index < -0.39 is 0 Å². The number of nitrogens with one attached hydrogen (secondary N) is 1. The third-order valence-electron chi connectivity index (χ3n) is 3.73. The largest absolute Gasteiger partial charge is 0.475 e. The molecule has 2 aromatic carbocycles. The summed E-state index contributed by atoms with van der Waals surface area (Å²) in [6.07, 6.45) is 3.15. The fourth-order valence-corrected chi connectivity index (χ4v) is 2.52. The van der Waals surface area contributed by atoms with Crippen LogP contribution in [0.1, 0.15) is 13.3 Å². The van der Waals surface area contributed by atoms with Crippen LogP contribution < -0.4 is 10.1 Å². The van der Waals surface area contributed by atoms with E-state index in [2.05, 4.69) is 29.5 Å². The first kappa shape index (κ1) is 16.3. The zero-order chi connectivity index (χ0) is 16.6. The maximum Gasteiger partial charge on any atom is 0.241 e. The van der Waals surface area contributed by atoms with Crippen LogP contribution in [0.15, 0.2) is 66.9 Å². The molecule has 0 radical (unpaired) electrons. The van der Waals surface area contributed by atoms with Gasteiger partial charge in [-0.05, 0) is 30.7 Å². The van der Waals surface area contributed by atoms with Crippen LogP contribution in [0, 0.1) is 0 Å². The van der Waals surface area contributed by atoms with Gasteiger partial charge in [-0.2, -0.15) is 0 Å². The smallest absolute Gasteiger partial charge is 0.241 e. The molecule has 4 nitrogen and oxygen atoms in total. The summed E-state index contributed by atoms with van der Waals surface area (Å²) in [4.78, 5) is 0. The Labute approximate surface area is 143 Å². The molecule has 1 aromatic heterocycles. The Morgan fingerprint density at radius 2 is 1.67 bits per heavy atom. The molecule has 0 aliphatic carbocycles. The van der Waals surface area contributed by atoms with Crippen LogP contribution in [0.2, 0.25) is 0 Å². The van der Waals surface area contributed by atoms with Gasteiger partial charge in [0.15, 0.2) is 0 Å². The molecule has 0 amide bonds. The minimum atomic E-state index is 0.603. The van der Waals surface area contributed by atoms with Gasteiger partial charge in [-0.15, -0.1) is 5.10 Å². The molecule has 0 atom stereocenters. The Morgan fingerprint density at radius 1 is 0.958 bits per heavy atom. The highest BCUT2D eigenvalue weighted by Crippen LogP contribution is 2.29. The summed E-state index contributed by atoms with van der Waals surface area (Å²) in [7, 11) is 0. The van der Waals surface area contributed by atoms with E-state index in [4.69, 9.17) is 4.74 Å². The Balaban J connectivity index is 1.83. The van der Waals surface area contributed by atoms with Crippen LogP contribution >= 0.6 is 0 Å². The number of hydrogen-bond donors (Lipinski definition) is 1. The topological polar surface area (TPSA) is 39.1 Å². The maximum atomic E-state index is 5.95. The van der Waals surface area contributed by atoms with E-state index in [1.54, 1.807) is 0 Å². The zero-order valence-corrected chi connectivity index (χ0v) is 14.0. The van der Waals surface area contributed by atoms with Crippen molar-refractivity contribution in [3.63, 3.8) is 0 Å². The van der Waals surface area contributed by atoms with Crippen LogP contribution in [0.4, 0.5) is 0 Å². The molecule has 0 aliphatic heterocycles. The first-order valence-corrected chi connectivity index (χ1v) is 8.42. The van der Waals surface area contributed by atoms with E-state index in [0.29, 0.717) is 12.5 Å². The van der Waals surface area contributed by atoms with Crippen molar-refractivity contribution in [1.29, 1.82) is 0 Å². The number of rotatable bonds is 8. The van der Waals surface area contributed by atoms with Gasteiger partial charge in [-0.25, -0.2) is 4.68 Å². The zero-order valence-electron chi connectivity index (χ0n) is 14.0. The molecule has 0 unspecified atom stereocenters. The highest BCUT2D eigenvalue weighted by molar-refractivity contribution is 5.68. The molecule has 0 saturated carbocycles. The quantitative estimate of drug-likeness (QED) is 0.639. The molecule has 124 valence electrons. The van der Waals surface area contributed by atoms with Crippen molar-refractivity contribution in [2.45, 2.75) is 13.3 Å². The van der Waals surface area contributed by atoms with Crippen molar-refractivity contribution in [2.24, 2.45) is 0 Å². The molecule has 0 aliphatic rings. The predicted octanol–water partition coefficient (Wildman–Crippen LogP) is 3.92. The maximum absolute atomic E-state index is 5.95. The average Bonchev–Trinajstić information content (AvgIpc) is 3.07. The van der Waals surface area contributed by atoms with Gasteiger partial charge in [0.1, 0.15) is 6.61 Å². The van der Waals surface area contributed by atoms with Gasteiger partial charge in [0, 0.05) is 12.7 Å². The van der Waals surface area contributed by atoms with E-state index in [9.17, 15) is 0 Å². The Morgan fingerprint density at radius 3 is 2.38 bits per heavy atom. The summed E-state index contributed by atoms with van der Waals surface area (Å²) in [5, 5.41) is 7.98. The fraction of sp³-hybridized carbons (Fsp3) is 0.250. The minimum absolute atomic E-state index is 0.603. The number of nitrogens with zero attached hydrogens (tertiary/aromatic N) is 2. The van der Waals surface area contributed by atoms with Crippen molar-refractivity contribution >= 4 is 0 Å². The number of aromatic nitrogens is 2. The second-order valence-electron chi connectivity index (χ2n) is 5.59. The first-order valence-electron chi connectivity index (χ1n) is 8.42.